The summed E-state index contributed by atoms with van der Waals surface area (Å²) in [7, 11) is -3.55. The fourth-order valence-electron chi connectivity index (χ4n) is 3.55. The van der Waals surface area contributed by atoms with Crippen LogP contribution in [-0.2, 0) is 19.6 Å². The summed E-state index contributed by atoms with van der Waals surface area (Å²) in [4.78, 5) is 25.2. The number of piperidine rings is 1. The fourth-order valence-corrected chi connectivity index (χ4v) is 5.06. The van der Waals surface area contributed by atoms with E-state index in [0.29, 0.717) is 24.5 Å². The highest BCUT2D eigenvalue weighted by Gasteiger charge is 2.26. The zero-order chi connectivity index (χ0) is 24.1. The number of benzene rings is 2. The molecule has 1 atom stereocenters. The number of aromatic nitrogens is 4. The molecular formula is C22H24N6O5S. The van der Waals surface area contributed by atoms with E-state index in [2.05, 4.69) is 20.8 Å². The van der Waals surface area contributed by atoms with E-state index in [1.165, 1.54) is 46.5 Å². The first kappa shape index (κ1) is 23.5. The van der Waals surface area contributed by atoms with Crippen LogP contribution in [0.4, 0.5) is 5.69 Å². The van der Waals surface area contributed by atoms with Crippen LogP contribution < -0.4 is 5.32 Å². The lowest BCUT2D eigenvalue weighted by atomic mass is 10.2. The zero-order valence-corrected chi connectivity index (χ0v) is 19.3. The molecule has 2 aromatic carbocycles. The Hall–Kier alpha value is -3.64. The average molecular weight is 485 g/mol. The summed E-state index contributed by atoms with van der Waals surface area (Å²) in [6.45, 7) is 2.48. The van der Waals surface area contributed by atoms with E-state index in [1.54, 1.807) is 24.3 Å². The molecule has 0 spiro atoms. The van der Waals surface area contributed by atoms with Gasteiger partial charge in [-0.15, -0.1) is 5.10 Å². The molecular weight excluding hydrogens is 460 g/mol. The minimum absolute atomic E-state index is 0.175. The number of carbonyl (C=O) groups excluding carboxylic acids is 2. The number of hydrogen-bond acceptors (Lipinski definition) is 8. The Kier molecular flexibility index (Phi) is 6.98. The summed E-state index contributed by atoms with van der Waals surface area (Å²) in [6.07, 6.45) is 3.05. The second-order valence-electron chi connectivity index (χ2n) is 7.83. The molecule has 4 rings (SSSR count). The van der Waals surface area contributed by atoms with Gasteiger partial charge >= 0.3 is 5.97 Å². The van der Waals surface area contributed by atoms with E-state index in [9.17, 15) is 18.0 Å². The normalized spacial score (nSPS) is 15.4. The summed E-state index contributed by atoms with van der Waals surface area (Å²) in [5, 5.41) is 13.5. The minimum atomic E-state index is -3.55. The van der Waals surface area contributed by atoms with Crippen molar-refractivity contribution in [2.24, 2.45) is 0 Å². The van der Waals surface area contributed by atoms with Crippen molar-refractivity contribution in [3.63, 3.8) is 0 Å². The van der Waals surface area contributed by atoms with Gasteiger partial charge in [0.2, 0.25) is 10.0 Å². The highest BCUT2D eigenvalue weighted by molar-refractivity contribution is 7.89. The lowest BCUT2D eigenvalue weighted by Crippen LogP contribution is -2.35. The Morgan fingerprint density at radius 2 is 1.79 bits per heavy atom. The van der Waals surface area contributed by atoms with Crippen molar-refractivity contribution in [1.29, 1.82) is 0 Å². The van der Waals surface area contributed by atoms with Crippen LogP contribution in [0.15, 0.2) is 59.8 Å². The first-order valence-corrected chi connectivity index (χ1v) is 12.2. The molecule has 11 nitrogen and oxygen atoms in total. The Morgan fingerprint density at radius 1 is 1.06 bits per heavy atom. The molecule has 1 amide bonds. The lowest BCUT2D eigenvalue weighted by Gasteiger charge is -2.25. The number of esters is 1. The number of carbonyl (C=O) groups is 2. The fraction of sp³-hybridized carbons (Fsp3) is 0.318. The number of nitrogens with one attached hydrogen (secondary N) is 1. The van der Waals surface area contributed by atoms with E-state index < -0.39 is 28.0 Å². The predicted molar refractivity (Wildman–Crippen MR) is 122 cm³/mol. The molecule has 1 N–H and O–H groups in total. The van der Waals surface area contributed by atoms with Crippen molar-refractivity contribution >= 4 is 27.6 Å². The van der Waals surface area contributed by atoms with E-state index in [-0.39, 0.29) is 10.5 Å². The number of nitrogens with zero attached hydrogens (tertiary/aromatic N) is 5. The second-order valence-corrected chi connectivity index (χ2v) is 9.77. The van der Waals surface area contributed by atoms with Gasteiger partial charge in [0.05, 0.1) is 16.1 Å². The molecule has 34 heavy (non-hydrogen) atoms. The van der Waals surface area contributed by atoms with Crippen molar-refractivity contribution < 1.29 is 22.7 Å². The molecule has 0 saturated carbocycles. The number of rotatable bonds is 7. The van der Waals surface area contributed by atoms with Crippen LogP contribution in [0.25, 0.3) is 5.69 Å². The quantitative estimate of drug-likeness (QED) is 0.503. The first-order valence-electron chi connectivity index (χ1n) is 10.8. The molecule has 12 heteroatoms. The van der Waals surface area contributed by atoms with Crippen LogP contribution in [0.3, 0.4) is 0 Å². The summed E-state index contributed by atoms with van der Waals surface area (Å²) in [5.74, 6) is -1.22. The van der Waals surface area contributed by atoms with E-state index in [0.717, 1.165) is 19.3 Å². The molecule has 178 valence electrons. The molecule has 3 aromatic rings. The van der Waals surface area contributed by atoms with Crippen molar-refractivity contribution in [1.82, 2.24) is 24.5 Å². The second kappa shape index (κ2) is 10.1. The summed E-state index contributed by atoms with van der Waals surface area (Å²) >= 11 is 0. The van der Waals surface area contributed by atoms with Gasteiger partial charge < -0.3 is 10.1 Å². The maximum atomic E-state index is 12.8. The van der Waals surface area contributed by atoms with Crippen molar-refractivity contribution in [2.75, 3.05) is 18.4 Å². The molecule has 0 aliphatic carbocycles. The molecule has 1 saturated heterocycles. The Balaban J connectivity index is 1.36. The van der Waals surface area contributed by atoms with Crippen LogP contribution in [0.2, 0.25) is 0 Å². The predicted octanol–water partition coefficient (Wildman–Crippen LogP) is 2.02. The van der Waals surface area contributed by atoms with Crippen LogP contribution >= 0.6 is 0 Å². The van der Waals surface area contributed by atoms with E-state index >= 15 is 0 Å². The third-order valence-electron chi connectivity index (χ3n) is 5.42. The summed E-state index contributed by atoms with van der Waals surface area (Å²) in [5.41, 5.74) is 1.20. The van der Waals surface area contributed by atoms with Gasteiger partial charge in [0.1, 0.15) is 6.33 Å². The standard InChI is InChI=1S/C22H24N6O5S/c1-16(33-22(30)17-6-5-7-19(14-17)28-15-23-25-26-28)21(29)24-18-8-10-20(11-9-18)34(31,32)27-12-3-2-4-13-27/h5-11,14-16H,2-4,12-13H2,1H3,(H,24,29). The molecule has 1 fully saturated rings. The van der Waals surface area contributed by atoms with Gasteiger partial charge in [-0.2, -0.15) is 4.31 Å². The smallest absolute Gasteiger partial charge is 0.338 e. The third kappa shape index (κ3) is 5.29. The Morgan fingerprint density at radius 3 is 2.47 bits per heavy atom. The maximum absolute atomic E-state index is 12.8. The maximum Gasteiger partial charge on any atom is 0.338 e. The van der Waals surface area contributed by atoms with Crippen LogP contribution in [0, 0.1) is 0 Å². The molecule has 0 bridgehead atoms. The van der Waals surface area contributed by atoms with Crippen molar-refractivity contribution in [3.8, 4) is 5.69 Å². The van der Waals surface area contributed by atoms with E-state index in [4.69, 9.17) is 4.74 Å². The topological polar surface area (TPSA) is 136 Å². The highest BCUT2D eigenvalue weighted by Crippen LogP contribution is 2.22. The van der Waals surface area contributed by atoms with Gasteiger partial charge in [-0.05, 0) is 72.7 Å². The van der Waals surface area contributed by atoms with Crippen molar-refractivity contribution in [3.05, 3.63) is 60.4 Å². The Labute approximate surface area is 196 Å². The largest absolute Gasteiger partial charge is 0.449 e. The van der Waals surface area contributed by atoms with Gasteiger partial charge in [0, 0.05) is 18.8 Å². The number of sulfonamides is 1. The van der Waals surface area contributed by atoms with Gasteiger partial charge in [0.25, 0.3) is 5.91 Å². The lowest BCUT2D eigenvalue weighted by molar-refractivity contribution is -0.123. The number of ether oxygens (including phenoxy) is 1. The molecule has 1 aromatic heterocycles. The first-order chi connectivity index (χ1) is 16.3. The molecule has 1 aliphatic heterocycles. The Bertz CT molecular complexity index is 1260. The zero-order valence-electron chi connectivity index (χ0n) is 18.5. The SMILES string of the molecule is CC(OC(=O)c1cccc(-n2cnnn2)c1)C(=O)Nc1ccc(S(=O)(=O)N2CCCCC2)cc1. The molecule has 0 radical (unpaired) electrons. The van der Waals surface area contributed by atoms with Crippen LogP contribution in [0.1, 0.15) is 36.5 Å². The summed E-state index contributed by atoms with van der Waals surface area (Å²) in [6, 6.07) is 12.4. The number of tetrazole rings is 1. The third-order valence-corrected chi connectivity index (χ3v) is 7.34. The highest BCUT2D eigenvalue weighted by atomic mass is 32.2. The molecule has 1 aliphatic rings. The molecule has 1 unspecified atom stereocenters. The number of amides is 1. The number of hydrogen-bond donors (Lipinski definition) is 1. The van der Waals surface area contributed by atoms with Crippen LogP contribution in [0.5, 0.6) is 0 Å². The van der Waals surface area contributed by atoms with Gasteiger partial charge in [-0.3, -0.25) is 4.79 Å². The summed E-state index contributed by atoms with van der Waals surface area (Å²) < 4.78 is 33.7. The van der Waals surface area contributed by atoms with Gasteiger partial charge in [-0.1, -0.05) is 12.5 Å². The van der Waals surface area contributed by atoms with Crippen LogP contribution in [-0.4, -0.2) is 64.0 Å². The average Bonchev–Trinajstić information content (AvgIpc) is 3.40. The minimum Gasteiger partial charge on any atom is -0.449 e. The monoisotopic (exact) mass is 484 g/mol. The van der Waals surface area contributed by atoms with E-state index in [1.807, 2.05) is 0 Å². The molecule has 2 heterocycles. The van der Waals surface area contributed by atoms with Crippen molar-refractivity contribution in [2.45, 2.75) is 37.2 Å². The van der Waals surface area contributed by atoms with Gasteiger partial charge in [-0.25, -0.2) is 17.9 Å². The number of anilines is 1. The van der Waals surface area contributed by atoms with Gasteiger partial charge in [0.15, 0.2) is 6.10 Å².